The van der Waals surface area contributed by atoms with Crippen LogP contribution in [0, 0.1) is 5.41 Å². The van der Waals surface area contributed by atoms with Crippen LogP contribution in [0.15, 0.2) is 205 Å². The molecule has 1 aliphatic heterocycles. The molecule has 5 nitrogen and oxygen atoms in total. The van der Waals surface area contributed by atoms with Gasteiger partial charge in [0.25, 0.3) is 0 Å². The summed E-state index contributed by atoms with van der Waals surface area (Å²) in [6.07, 6.45) is 20.6. The second-order valence-corrected chi connectivity index (χ2v) is 18.0. The minimum Gasteiger partial charge on any atom is -0.496 e. The highest BCUT2D eigenvalue weighted by molar-refractivity contribution is 6.06. The summed E-state index contributed by atoms with van der Waals surface area (Å²) in [7, 11) is 1.77. The number of nitrogens with two attached hydrogens (primary N) is 1. The molecule has 1 unspecified atom stereocenters. The van der Waals surface area contributed by atoms with Gasteiger partial charge < -0.3 is 20.9 Å². The lowest BCUT2D eigenvalue weighted by Gasteiger charge is -2.29. The van der Waals surface area contributed by atoms with E-state index < -0.39 is 0 Å². The summed E-state index contributed by atoms with van der Waals surface area (Å²) in [5.74, 6) is 0.916. The number of rotatable bonds is 5. The topological polar surface area (TPSA) is 87.2 Å². The molecule has 1 atom stereocenters. The first-order valence-electron chi connectivity index (χ1n) is 23.1. The van der Waals surface area contributed by atoms with Crippen molar-refractivity contribution in [3.8, 4) is 5.75 Å². The summed E-state index contributed by atoms with van der Waals surface area (Å²) in [5, 5.41) is 13.4. The summed E-state index contributed by atoms with van der Waals surface area (Å²) in [6.45, 7) is 12.8. The zero-order valence-electron chi connectivity index (χ0n) is 39.3. The Morgan fingerprint density at radius 1 is 0.806 bits per heavy atom. The lowest BCUT2D eigenvalue weighted by Crippen LogP contribution is -2.34. The number of H-pyrrole nitrogens is 1. The molecular weight excluding hydrogens is 817 g/mol. The first-order chi connectivity index (χ1) is 32.5. The van der Waals surface area contributed by atoms with E-state index in [-0.39, 0.29) is 10.8 Å². The number of anilines is 1. The van der Waals surface area contributed by atoms with Crippen LogP contribution >= 0.6 is 0 Å². The maximum Gasteiger partial charge on any atom is 0.122 e. The highest BCUT2D eigenvalue weighted by atomic mass is 16.5. The fraction of sp³-hybridized carbons (Fsp3) is 0.161. The van der Waals surface area contributed by atoms with Gasteiger partial charge in [-0.05, 0) is 125 Å². The van der Waals surface area contributed by atoms with Crippen molar-refractivity contribution < 1.29 is 4.74 Å². The van der Waals surface area contributed by atoms with Crippen LogP contribution in [0.1, 0.15) is 74.8 Å². The average Bonchev–Trinajstić information content (AvgIpc) is 3.84. The Balaban J connectivity index is 0.000000214. The number of nitrogens with zero attached hydrogens (tertiary/aromatic N) is 1. The molecule has 0 fully saturated rings. The number of aromatic nitrogens is 1. The number of aromatic amines is 1. The first-order valence-corrected chi connectivity index (χ1v) is 23.1. The number of nitrogens with one attached hydrogen (secondary N) is 2. The molecule has 2 heterocycles. The normalized spacial score (nSPS) is 19.4. The Bertz CT molecular complexity index is 3310. The summed E-state index contributed by atoms with van der Waals surface area (Å²) in [4.78, 5) is 8.63. The number of allylic oxidation sites excluding steroid dienone is 8. The van der Waals surface area contributed by atoms with Crippen molar-refractivity contribution in [2.24, 2.45) is 4.99 Å². The molecule has 7 aromatic rings. The molecule has 67 heavy (non-hydrogen) atoms. The van der Waals surface area contributed by atoms with E-state index in [1.807, 2.05) is 103 Å². The van der Waals surface area contributed by atoms with Gasteiger partial charge in [-0.3, -0.25) is 4.99 Å². The second-order valence-electron chi connectivity index (χ2n) is 18.0. The predicted octanol–water partition coefficient (Wildman–Crippen LogP) is 12.1. The summed E-state index contributed by atoms with van der Waals surface area (Å²) in [5.41, 5.74) is 19.1. The van der Waals surface area contributed by atoms with E-state index in [4.69, 9.17) is 20.9 Å². The van der Waals surface area contributed by atoms with E-state index in [1.165, 1.54) is 71.7 Å². The molecule has 4 N–H and O–H groups in total. The fourth-order valence-electron chi connectivity index (χ4n) is 9.48. The molecule has 4 aliphatic rings. The molecule has 334 valence electrons. The van der Waals surface area contributed by atoms with Crippen LogP contribution in [0.5, 0.6) is 5.75 Å². The van der Waals surface area contributed by atoms with Crippen molar-refractivity contribution in [2.45, 2.75) is 57.8 Å². The molecule has 0 amide bonds. The van der Waals surface area contributed by atoms with Crippen LogP contribution in [0.4, 0.5) is 5.69 Å². The SMILES string of the molecule is C=CC(=N)c1ccccc1.COc1ccc(C2=C/C(C)=c3\cc4c(c\c3=N\C=C\2)C(C)(C)C2=C4CCC=C2)cc1C1(C)C=c2c([nH]c3ccccc23)=CC1.Nc1ccccc1.c1ccccc1. The molecule has 0 radical (unpaired) electrons. The highest BCUT2D eigenvalue weighted by Crippen LogP contribution is 2.49. The minimum atomic E-state index is -0.214. The largest absolute Gasteiger partial charge is 0.496 e. The third kappa shape index (κ3) is 9.92. The molecule has 0 spiro atoms. The van der Waals surface area contributed by atoms with Gasteiger partial charge in [-0.2, -0.15) is 0 Å². The van der Waals surface area contributed by atoms with Crippen LogP contribution in [0.2, 0.25) is 0 Å². The standard InChI is InChI=1S/C41H38N2O.C9H9N.C6H7N.C6H6/c1-25-20-27(17-19-42-38-23-34-31(22-30(25)38)28-10-6-8-12-33(28)40(34,2)3)26-14-15-39(44-5)35(21-26)41(4)18-16-37-32(24-41)29-11-7-9-13-36(29)43-37;1-2-9(10)8-6-4-3-5-7-8;7-6-4-2-1-3-5-6;1-2-4-6-5-3-1/h7-9,11-17,19-24,43H,6,10,18H2,1-5H3;2-7,10H,1H2;1-5H,7H2;1-6H/b19-17+,25-20?,27-17?,27-20+,30-25+,42-19?,42-38-;;;. The Morgan fingerprint density at radius 3 is 2.15 bits per heavy atom. The van der Waals surface area contributed by atoms with E-state index in [0.29, 0.717) is 5.71 Å². The summed E-state index contributed by atoms with van der Waals surface area (Å²) in [6, 6.07) is 51.0. The van der Waals surface area contributed by atoms with Gasteiger partial charge in [-0.25, -0.2) is 0 Å². The van der Waals surface area contributed by atoms with E-state index in [0.717, 1.165) is 47.2 Å². The monoisotopic (exact) mass is 876 g/mol. The van der Waals surface area contributed by atoms with Crippen LogP contribution in [0.25, 0.3) is 39.8 Å². The molecule has 0 saturated heterocycles. The van der Waals surface area contributed by atoms with Gasteiger partial charge in [-0.1, -0.05) is 167 Å². The Kier molecular flexibility index (Phi) is 13.8. The van der Waals surface area contributed by atoms with E-state index in [2.05, 4.69) is 130 Å². The van der Waals surface area contributed by atoms with Crippen molar-refractivity contribution in [3.05, 3.63) is 249 Å². The van der Waals surface area contributed by atoms with Crippen LogP contribution < -0.4 is 31.6 Å². The first kappa shape index (κ1) is 45.8. The van der Waals surface area contributed by atoms with Gasteiger partial charge in [0.15, 0.2) is 0 Å². The smallest absolute Gasteiger partial charge is 0.122 e. The Hall–Kier alpha value is -7.76. The molecule has 1 aromatic heterocycles. The fourth-order valence-corrected chi connectivity index (χ4v) is 9.48. The maximum atomic E-state index is 7.36. The van der Waals surface area contributed by atoms with Gasteiger partial charge in [0.05, 0.1) is 18.2 Å². The van der Waals surface area contributed by atoms with Crippen LogP contribution in [-0.2, 0) is 10.8 Å². The lowest BCUT2D eigenvalue weighted by atomic mass is 9.75. The van der Waals surface area contributed by atoms with Crippen molar-refractivity contribution in [1.29, 1.82) is 5.41 Å². The van der Waals surface area contributed by atoms with Crippen molar-refractivity contribution in [2.75, 3.05) is 12.8 Å². The average molecular weight is 877 g/mol. The molecule has 5 heteroatoms. The highest BCUT2D eigenvalue weighted by Gasteiger charge is 2.37. The number of para-hydroxylation sites is 2. The quantitative estimate of drug-likeness (QED) is 0.119. The van der Waals surface area contributed by atoms with E-state index >= 15 is 0 Å². The summed E-state index contributed by atoms with van der Waals surface area (Å²) < 4.78 is 5.97. The van der Waals surface area contributed by atoms with Crippen LogP contribution in [0.3, 0.4) is 0 Å². The predicted molar refractivity (Wildman–Crippen MR) is 284 cm³/mol. The number of ether oxygens (including phenoxy) is 1. The molecule has 11 rings (SSSR count). The number of hydrogen-bond acceptors (Lipinski definition) is 4. The minimum absolute atomic E-state index is 0.00371. The van der Waals surface area contributed by atoms with E-state index in [9.17, 15) is 0 Å². The van der Waals surface area contributed by atoms with Gasteiger partial charge in [-0.15, -0.1) is 0 Å². The zero-order chi connectivity index (χ0) is 47.0. The van der Waals surface area contributed by atoms with Crippen molar-refractivity contribution in [3.63, 3.8) is 0 Å². The maximum absolute atomic E-state index is 7.36. The second kappa shape index (κ2) is 20.2. The van der Waals surface area contributed by atoms with Crippen molar-refractivity contribution in [1.82, 2.24) is 4.98 Å². The molecule has 3 aliphatic carbocycles. The van der Waals surface area contributed by atoms with Gasteiger partial charge in [0.2, 0.25) is 0 Å². The third-order valence-corrected chi connectivity index (χ3v) is 13.1. The number of fused-ring (bicyclic) bond motifs is 6. The van der Waals surface area contributed by atoms with Gasteiger partial charge >= 0.3 is 0 Å². The third-order valence-electron chi connectivity index (χ3n) is 13.1. The lowest BCUT2D eigenvalue weighted by molar-refractivity contribution is 0.402. The number of nitrogen functional groups attached to an aromatic ring is 1. The zero-order valence-corrected chi connectivity index (χ0v) is 39.3. The van der Waals surface area contributed by atoms with E-state index in [1.54, 1.807) is 7.11 Å². The number of methoxy groups -OCH3 is 1. The summed E-state index contributed by atoms with van der Waals surface area (Å²) >= 11 is 0. The molecule has 6 aromatic carbocycles. The van der Waals surface area contributed by atoms with Crippen molar-refractivity contribution >= 4 is 51.2 Å². The Labute approximate surface area is 395 Å². The number of hydrogen-bond donors (Lipinski definition) is 3. The van der Waals surface area contributed by atoms with Crippen LogP contribution in [-0.4, -0.2) is 17.8 Å². The van der Waals surface area contributed by atoms with Gasteiger partial charge in [0.1, 0.15) is 5.75 Å². The number of benzene rings is 6. The Morgan fingerprint density at radius 2 is 1.48 bits per heavy atom. The molecule has 0 saturated carbocycles. The molecular formula is C62H60N4O. The molecule has 0 bridgehead atoms. The van der Waals surface area contributed by atoms with Gasteiger partial charge in [0, 0.05) is 55.0 Å².